The summed E-state index contributed by atoms with van der Waals surface area (Å²) >= 11 is 0. The van der Waals surface area contributed by atoms with Crippen LogP contribution in [0.1, 0.15) is 18.1 Å². The van der Waals surface area contributed by atoms with Gasteiger partial charge in [-0.05, 0) is 11.1 Å². The fraction of sp³-hybridized carbons (Fsp3) is 0.409. The van der Waals surface area contributed by atoms with E-state index in [9.17, 15) is 15.0 Å². The number of carbonyl (C=O) groups excluding carboxylic acids is 1. The van der Waals surface area contributed by atoms with Crippen LogP contribution >= 0.6 is 0 Å². The molecule has 2 N–H and O–H groups in total. The lowest BCUT2D eigenvalue weighted by atomic mass is 9.93. The smallest absolute Gasteiger partial charge is 0.302 e. The van der Waals surface area contributed by atoms with Crippen LogP contribution in [0, 0.1) is 0 Å². The molecule has 6 nitrogen and oxygen atoms in total. The van der Waals surface area contributed by atoms with E-state index in [0.717, 1.165) is 11.1 Å². The Hall–Kier alpha value is -2.25. The molecule has 0 radical (unpaired) electrons. The number of ether oxygens (including phenoxy) is 2. The van der Waals surface area contributed by atoms with E-state index in [1.54, 1.807) is 0 Å². The van der Waals surface area contributed by atoms with Gasteiger partial charge in [-0.1, -0.05) is 60.7 Å². The Labute approximate surface area is 165 Å². The van der Waals surface area contributed by atoms with Crippen molar-refractivity contribution in [3.8, 4) is 0 Å². The lowest BCUT2D eigenvalue weighted by Crippen LogP contribution is -2.63. The number of aliphatic hydroxyl groups excluding tert-OH is 2. The molecule has 0 aliphatic carbocycles. The number of benzene rings is 2. The van der Waals surface area contributed by atoms with Crippen molar-refractivity contribution in [3.05, 3.63) is 71.8 Å². The average Bonchev–Trinajstić information content (AvgIpc) is 2.70. The Kier molecular flexibility index (Phi) is 7.17. The minimum atomic E-state index is -1.06. The van der Waals surface area contributed by atoms with Crippen LogP contribution in [0.2, 0.25) is 0 Å². The molecule has 2 aromatic rings. The van der Waals surface area contributed by atoms with Crippen molar-refractivity contribution >= 4 is 5.97 Å². The normalized spacial score (nSPS) is 25.4. The second kappa shape index (κ2) is 9.80. The van der Waals surface area contributed by atoms with Gasteiger partial charge in [0.25, 0.3) is 0 Å². The van der Waals surface area contributed by atoms with E-state index >= 15 is 0 Å². The van der Waals surface area contributed by atoms with Crippen LogP contribution in [-0.2, 0) is 27.4 Å². The number of aliphatic hydroxyl groups is 2. The number of hydrogen-bond donors (Lipinski definition) is 2. The topological polar surface area (TPSA) is 79.2 Å². The first-order valence-electron chi connectivity index (χ1n) is 9.47. The molecule has 1 saturated heterocycles. The maximum absolute atomic E-state index is 11.4. The maximum Gasteiger partial charge on any atom is 0.302 e. The third kappa shape index (κ3) is 5.39. The molecule has 0 spiro atoms. The molecule has 28 heavy (non-hydrogen) atoms. The zero-order valence-electron chi connectivity index (χ0n) is 16.0. The number of β-amino-alcohol motifs (C(OH)–C–C–N with tert-alkyl or cyclic N) is 1. The summed E-state index contributed by atoms with van der Waals surface area (Å²) in [6, 6.07) is 19.1. The Balaban J connectivity index is 1.78. The van der Waals surface area contributed by atoms with Crippen molar-refractivity contribution in [2.75, 3.05) is 13.2 Å². The van der Waals surface area contributed by atoms with Crippen LogP contribution < -0.4 is 0 Å². The summed E-state index contributed by atoms with van der Waals surface area (Å²) in [7, 11) is 0. The van der Waals surface area contributed by atoms with E-state index in [1.165, 1.54) is 6.92 Å². The SMILES string of the molecule is CC(=O)OC[C@@H]1[C@@H](OCc2ccccc2)[C@H](O)[C@@H](O)CN1Cc1ccccc1. The molecule has 0 amide bonds. The van der Waals surface area contributed by atoms with E-state index in [1.807, 2.05) is 65.6 Å². The van der Waals surface area contributed by atoms with Crippen LogP contribution in [-0.4, -0.2) is 58.6 Å². The van der Waals surface area contributed by atoms with E-state index < -0.39 is 18.3 Å². The number of carbonyl (C=O) groups is 1. The van der Waals surface area contributed by atoms with Crippen LogP contribution in [0.25, 0.3) is 0 Å². The van der Waals surface area contributed by atoms with E-state index in [0.29, 0.717) is 13.2 Å². The number of piperidine rings is 1. The van der Waals surface area contributed by atoms with Crippen molar-refractivity contribution < 1.29 is 24.5 Å². The van der Waals surface area contributed by atoms with Gasteiger partial charge in [-0.25, -0.2) is 0 Å². The lowest BCUT2D eigenvalue weighted by molar-refractivity contribution is -0.179. The molecule has 2 aromatic carbocycles. The van der Waals surface area contributed by atoms with E-state index in [4.69, 9.17) is 9.47 Å². The summed E-state index contributed by atoms with van der Waals surface area (Å²) in [4.78, 5) is 13.4. The molecule has 3 rings (SSSR count). The van der Waals surface area contributed by atoms with Gasteiger partial charge in [0.2, 0.25) is 0 Å². The summed E-state index contributed by atoms with van der Waals surface area (Å²) in [6.07, 6.45) is -2.69. The molecule has 1 heterocycles. The third-order valence-corrected chi connectivity index (χ3v) is 4.97. The van der Waals surface area contributed by atoms with E-state index in [2.05, 4.69) is 0 Å². The third-order valence-electron chi connectivity index (χ3n) is 4.97. The second-order valence-electron chi connectivity index (χ2n) is 7.10. The average molecular weight is 385 g/mol. The highest BCUT2D eigenvalue weighted by Gasteiger charge is 2.43. The van der Waals surface area contributed by atoms with Gasteiger partial charge < -0.3 is 19.7 Å². The van der Waals surface area contributed by atoms with Crippen molar-refractivity contribution in [1.29, 1.82) is 0 Å². The first-order chi connectivity index (χ1) is 13.5. The number of likely N-dealkylation sites (tertiary alicyclic amines) is 1. The molecule has 1 aliphatic heterocycles. The molecular formula is C22H27NO5. The summed E-state index contributed by atoms with van der Waals surface area (Å²) in [6.45, 7) is 2.57. The zero-order valence-corrected chi connectivity index (χ0v) is 16.0. The Bertz CT molecular complexity index is 739. The Morgan fingerprint density at radius 3 is 2.25 bits per heavy atom. The van der Waals surface area contributed by atoms with E-state index in [-0.39, 0.29) is 25.2 Å². The maximum atomic E-state index is 11.4. The number of hydrogen-bond acceptors (Lipinski definition) is 6. The summed E-state index contributed by atoms with van der Waals surface area (Å²) in [5.74, 6) is -0.387. The first-order valence-corrected chi connectivity index (χ1v) is 9.47. The van der Waals surface area contributed by atoms with Gasteiger partial charge in [-0.15, -0.1) is 0 Å². The number of esters is 1. The van der Waals surface area contributed by atoms with Gasteiger partial charge in [0.1, 0.15) is 18.8 Å². The summed E-state index contributed by atoms with van der Waals surface area (Å²) in [5, 5.41) is 21.0. The fourth-order valence-electron chi connectivity index (χ4n) is 3.52. The predicted molar refractivity (Wildman–Crippen MR) is 104 cm³/mol. The highest BCUT2D eigenvalue weighted by molar-refractivity contribution is 5.65. The van der Waals surface area contributed by atoms with Crippen molar-refractivity contribution in [1.82, 2.24) is 4.90 Å². The summed E-state index contributed by atoms with van der Waals surface area (Å²) < 4.78 is 11.3. The molecule has 0 aromatic heterocycles. The monoisotopic (exact) mass is 385 g/mol. The second-order valence-corrected chi connectivity index (χ2v) is 7.10. The van der Waals surface area contributed by atoms with Crippen molar-refractivity contribution in [2.45, 2.75) is 44.4 Å². The molecule has 1 fully saturated rings. The van der Waals surface area contributed by atoms with Crippen LogP contribution in [0.3, 0.4) is 0 Å². The Morgan fingerprint density at radius 1 is 1.04 bits per heavy atom. The first kappa shape index (κ1) is 20.5. The fourth-order valence-corrected chi connectivity index (χ4v) is 3.52. The predicted octanol–water partition coefficient (Wildman–Crippen LogP) is 1.74. The molecule has 0 unspecified atom stereocenters. The standard InChI is InChI=1S/C22H27NO5/c1-16(24)27-15-19-22(28-14-18-10-6-3-7-11-18)21(26)20(25)13-23(19)12-17-8-4-2-5-9-17/h2-11,19-22,25-26H,12-15H2,1H3/t19-,20+,21-,22-/m1/s1. The molecule has 0 bridgehead atoms. The largest absolute Gasteiger partial charge is 0.464 e. The number of nitrogens with zero attached hydrogens (tertiary/aromatic N) is 1. The summed E-state index contributed by atoms with van der Waals surface area (Å²) in [5.41, 5.74) is 2.04. The van der Waals surface area contributed by atoms with Crippen LogP contribution in [0.5, 0.6) is 0 Å². The highest BCUT2D eigenvalue weighted by atomic mass is 16.5. The lowest BCUT2D eigenvalue weighted by Gasteiger charge is -2.45. The molecular weight excluding hydrogens is 358 g/mol. The molecule has 150 valence electrons. The van der Waals surface area contributed by atoms with Gasteiger partial charge in [0, 0.05) is 20.0 Å². The molecule has 0 saturated carbocycles. The van der Waals surface area contributed by atoms with Gasteiger partial charge in [-0.3, -0.25) is 9.69 Å². The number of rotatable bonds is 7. The van der Waals surface area contributed by atoms with Gasteiger partial charge in [0.15, 0.2) is 0 Å². The van der Waals surface area contributed by atoms with Gasteiger partial charge in [-0.2, -0.15) is 0 Å². The highest BCUT2D eigenvalue weighted by Crippen LogP contribution is 2.25. The van der Waals surface area contributed by atoms with Crippen LogP contribution in [0.4, 0.5) is 0 Å². The van der Waals surface area contributed by atoms with Crippen LogP contribution in [0.15, 0.2) is 60.7 Å². The minimum Gasteiger partial charge on any atom is -0.464 e. The molecule has 4 atom stereocenters. The van der Waals surface area contributed by atoms with Gasteiger partial charge in [0.05, 0.1) is 18.8 Å². The molecule has 1 aliphatic rings. The van der Waals surface area contributed by atoms with Crippen molar-refractivity contribution in [2.24, 2.45) is 0 Å². The van der Waals surface area contributed by atoms with Gasteiger partial charge >= 0.3 is 5.97 Å². The quantitative estimate of drug-likeness (QED) is 0.707. The zero-order chi connectivity index (χ0) is 19.9. The minimum absolute atomic E-state index is 0.0887. The molecule has 6 heteroatoms. The van der Waals surface area contributed by atoms with Crippen molar-refractivity contribution in [3.63, 3.8) is 0 Å². The Morgan fingerprint density at radius 2 is 1.64 bits per heavy atom.